The summed E-state index contributed by atoms with van der Waals surface area (Å²) in [7, 11) is 0. The fraction of sp³-hybridized carbons (Fsp3) is 0.647. The summed E-state index contributed by atoms with van der Waals surface area (Å²) in [5.41, 5.74) is 6.99. The first kappa shape index (κ1) is 16.8. The highest BCUT2D eigenvalue weighted by Crippen LogP contribution is 2.33. The van der Waals surface area contributed by atoms with E-state index in [1.165, 1.54) is 0 Å². The predicted molar refractivity (Wildman–Crippen MR) is 83.5 cm³/mol. The van der Waals surface area contributed by atoms with E-state index in [2.05, 4.69) is 6.92 Å². The third kappa shape index (κ3) is 3.74. The summed E-state index contributed by atoms with van der Waals surface area (Å²) in [6.45, 7) is 2.98. The summed E-state index contributed by atoms with van der Waals surface area (Å²) in [5.74, 6) is 0. The van der Waals surface area contributed by atoms with Gasteiger partial charge in [-0.15, -0.1) is 0 Å². The minimum Gasteiger partial charge on any atom is -0.388 e. The Morgan fingerprint density at radius 3 is 2.78 bits per heavy atom. The van der Waals surface area contributed by atoms with E-state index in [4.69, 9.17) is 24.7 Å². The summed E-state index contributed by atoms with van der Waals surface area (Å²) in [4.78, 5) is 0. The summed E-state index contributed by atoms with van der Waals surface area (Å²) < 4.78 is 23.1. The molecule has 1 aromatic rings. The van der Waals surface area contributed by atoms with Crippen LogP contribution in [-0.2, 0) is 18.9 Å². The molecule has 2 fully saturated rings. The first-order valence-corrected chi connectivity index (χ1v) is 8.23. The molecule has 0 saturated carbocycles. The molecule has 3 N–H and O–H groups in total. The van der Waals surface area contributed by atoms with Crippen LogP contribution in [-0.4, -0.2) is 49.0 Å². The smallest absolute Gasteiger partial charge is 0.184 e. The maximum Gasteiger partial charge on any atom is 0.184 e. The van der Waals surface area contributed by atoms with Crippen molar-refractivity contribution in [3.63, 3.8) is 0 Å². The molecule has 0 spiro atoms. The van der Waals surface area contributed by atoms with Crippen molar-refractivity contribution < 1.29 is 24.1 Å². The normalized spacial score (nSPS) is 37.3. The second kappa shape index (κ2) is 7.70. The third-order valence-corrected chi connectivity index (χ3v) is 4.26. The first-order valence-electron chi connectivity index (χ1n) is 8.23. The van der Waals surface area contributed by atoms with E-state index in [9.17, 15) is 5.11 Å². The number of ether oxygens (including phenoxy) is 4. The van der Waals surface area contributed by atoms with Gasteiger partial charge >= 0.3 is 0 Å². The molecule has 0 radical (unpaired) electrons. The van der Waals surface area contributed by atoms with E-state index < -0.39 is 30.8 Å². The second-order valence-corrected chi connectivity index (χ2v) is 6.01. The number of hydrogen-bond donors (Lipinski definition) is 2. The number of rotatable bonds is 5. The maximum absolute atomic E-state index is 10.5. The van der Waals surface area contributed by atoms with Crippen molar-refractivity contribution in [2.24, 2.45) is 5.73 Å². The van der Waals surface area contributed by atoms with Gasteiger partial charge in [0.05, 0.1) is 12.6 Å². The van der Waals surface area contributed by atoms with Crippen LogP contribution in [0.3, 0.4) is 0 Å². The van der Waals surface area contributed by atoms with Crippen molar-refractivity contribution in [1.29, 1.82) is 0 Å². The van der Waals surface area contributed by atoms with Crippen LogP contribution >= 0.6 is 0 Å². The van der Waals surface area contributed by atoms with Gasteiger partial charge in [0.15, 0.2) is 12.6 Å². The van der Waals surface area contributed by atoms with Gasteiger partial charge < -0.3 is 29.8 Å². The fourth-order valence-electron chi connectivity index (χ4n) is 2.89. The minimum absolute atomic E-state index is 0.335. The molecule has 0 bridgehead atoms. The van der Waals surface area contributed by atoms with E-state index in [-0.39, 0.29) is 6.10 Å². The molecule has 3 rings (SSSR count). The lowest BCUT2D eigenvalue weighted by molar-refractivity contribution is -0.342. The maximum atomic E-state index is 10.5. The van der Waals surface area contributed by atoms with Crippen molar-refractivity contribution in [3.05, 3.63) is 35.9 Å². The Labute approximate surface area is 136 Å². The lowest BCUT2D eigenvalue weighted by Crippen LogP contribution is -2.65. The Balaban J connectivity index is 1.63. The van der Waals surface area contributed by atoms with Gasteiger partial charge in [-0.1, -0.05) is 43.7 Å². The number of fused-ring (bicyclic) bond motifs is 1. The van der Waals surface area contributed by atoms with Crippen molar-refractivity contribution in [1.82, 2.24) is 0 Å². The van der Waals surface area contributed by atoms with Crippen LogP contribution in [0.4, 0.5) is 0 Å². The SMILES string of the molecule is CCCCOC1OC2COC(c3ccccc3)OC2C(O)C1N. The predicted octanol–water partition coefficient (Wildman–Crippen LogP) is 1.33. The molecule has 1 aromatic carbocycles. The molecule has 6 heteroatoms. The van der Waals surface area contributed by atoms with E-state index in [1.54, 1.807) is 0 Å². The highest BCUT2D eigenvalue weighted by molar-refractivity contribution is 5.16. The van der Waals surface area contributed by atoms with Crippen LogP contribution in [0.1, 0.15) is 31.6 Å². The number of hydrogen-bond acceptors (Lipinski definition) is 6. The molecular weight excluding hydrogens is 298 g/mol. The lowest BCUT2D eigenvalue weighted by Gasteiger charge is -2.46. The van der Waals surface area contributed by atoms with Gasteiger partial charge in [0, 0.05) is 12.2 Å². The molecule has 2 aliphatic rings. The number of aliphatic hydroxyl groups excluding tert-OH is 1. The van der Waals surface area contributed by atoms with Crippen molar-refractivity contribution in [2.75, 3.05) is 13.2 Å². The molecule has 2 aliphatic heterocycles. The van der Waals surface area contributed by atoms with Crippen molar-refractivity contribution in [2.45, 2.75) is 56.7 Å². The van der Waals surface area contributed by atoms with Crippen LogP contribution in [0.25, 0.3) is 0 Å². The van der Waals surface area contributed by atoms with E-state index in [0.717, 1.165) is 18.4 Å². The zero-order chi connectivity index (χ0) is 16.2. The Morgan fingerprint density at radius 1 is 1.26 bits per heavy atom. The quantitative estimate of drug-likeness (QED) is 0.796. The average molecular weight is 323 g/mol. The molecule has 6 nitrogen and oxygen atoms in total. The summed E-state index contributed by atoms with van der Waals surface area (Å²) in [5, 5.41) is 10.5. The van der Waals surface area contributed by atoms with Gasteiger partial charge in [0.2, 0.25) is 0 Å². The molecule has 6 unspecified atom stereocenters. The van der Waals surface area contributed by atoms with E-state index in [0.29, 0.717) is 13.2 Å². The van der Waals surface area contributed by atoms with Crippen LogP contribution in [0.5, 0.6) is 0 Å². The number of aliphatic hydroxyl groups is 1. The molecule has 2 saturated heterocycles. The Hall–Kier alpha value is -1.02. The van der Waals surface area contributed by atoms with Crippen LogP contribution < -0.4 is 5.73 Å². The summed E-state index contributed by atoms with van der Waals surface area (Å²) in [6.07, 6.45) is -0.929. The van der Waals surface area contributed by atoms with Gasteiger partial charge in [0.1, 0.15) is 18.3 Å². The highest BCUT2D eigenvalue weighted by Gasteiger charge is 2.48. The molecule has 6 atom stereocenters. The Bertz CT molecular complexity index is 483. The zero-order valence-corrected chi connectivity index (χ0v) is 13.3. The molecule has 2 heterocycles. The fourth-order valence-corrected chi connectivity index (χ4v) is 2.89. The first-order chi connectivity index (χ1) is 11.2. The number of nitrogens with two attached hydrogens (primary N) is 1. The molecule has 0 aliphatic carbocycles. The third-order valence-electron chi connectivity index (χ3n) is 4.26. The molecular formula is C17H25NO5. The Kier molecular flexibility index (Phi) is 5.63. The zero-order valence-electron chi connectivity index (χ0n) is 13.3. The number of benzene rings is 1. The largest absolute Gasteiger partial charge is 0.388 e. The van der Waals surface area contributed by atoms with Gasteiger partial charge in [0.25, 0.3) is 0 Å². The van der Waals surface area contributed by atoms with Gasteiger partial charge in [-0.05, 0) is 6.42 Å². The highest BCUT2D eigenvalue weighted by atomic mass is 16.7. The molecule has 0 amide bonds. The van der Waals surface area contributed by atoms with Gasteiger partial charge in [-0.3, -0.25) is 0 Å². The molecule has 23 heavy (non-hydrogen) atoms. The topological polar surface area (TPSA) is 83.2 Å². The van der Waals surface area contributed by atoms with Crippen molar-refractivity contribution >= 4 is 0 Å². The second-order valence-electron chi connectivity index (χ2n) is 6.01. The lowest BCUT2D eigenvalue weighted by atomic mass is 9.96. The van der Waals surface area contributed by atoms with Crippen molar-refractivity contribution in [3.8, 4) is 0 Å². The molecule has 0 aromatic heterocycles. The van der Waals surface area contributed by atoms with E-state index >= 15 is 0 Å². The summed E-state index contributed by atoms with van der Waals surface area (Å²) >= 11 is 0. The average Bonchev–Trinajstić information content (AvgIpc) is 2.60. The Morgan fingerprint density at radius 2 is 2.04 bits per heavy atom. The van der Waals surface area contributed by atoms with Gasteiger partial charge in [-0.25, -0.2) is 0 Å². The molecule has 128 valence electrons. The van der Waals surface area contributed by atoms with E-state index in [1.807, 2.05) is 30.3 Å². The van der Waals surface area contributed by atoms with Crippen LogP contribution in [0, 0.1) is 0 Å². The summed E-state index contributed by atoms with van der Waals surface area (Å²) in [6, 6.07) is 9.00. The van der Waals surface area contributed by atoms with Crippen LogP contribution in [0.15, 0.2) is 30.3 Å². The van der Waals surface area contributed by atoms with Gasteiger partial charge in [-0.2, -0.15) is 0 Å². The minimum atomic E-state index is -0.851. The number of unbranched alkanes of at least 4 members (excludes halogenated alkanes) is 1. The van der Waals surface area contributed by atoms with Crippen LogP contribution in [0.2, 0.25) is 0 Å². The monoisotopic (exact) mass is 323 g/mol. The standard InChI is InChI=1S/C17H25NO5/c1-2-3-9-20-17-13(18)14(19)15-12(22-17)10-21-16(23-15)11-7-5-4-6-8-11/h4-8,12-17,19H,2-3,9-10,18H2,1H3.